The number of nitrogens with one attached hydrogen (secondary N) is 1. The summed E-state index contributed by atoms with van der Waals surface area (Å²) in [6.45, 7) is 3.49. The van der Waals surface area contributed by atoms with Crippen LogP contribution in [0.5, 0.6) is 0 Å². The topological polar surface area (TPSA) is 135 Å². The third-order valence-corrected chi connectivity index (χ3v) is 4.22. The molecule has 1 saturated heterocycles. The molecule has 3 N–H and O–H groups in total. The minimum Gasteiger partial charge on any atom is -0.396 e. The van der Waals surface area contributed by atoms with Crippen molar-refractivity contribution in [3.8, 4) is 0 Å². The number of anilines is 3. The molecule has 138 valence electrons. The number of nitrogens with zero attached hydrogens (tertiary/aromatic N) is 6. The zero-order valence-electron chi connectivity index (χ0n) is 14.5. The van der Waals surface area contributed by atoms with E-state index in [4.69, 9.17) is 5.73 Å². The number of likely N-dealkylation sites (N-methyl/N-ethyl adjacent to an activating group) is 1. The first-order valence-electron chi connectivity index (χ1n) is 8.04. The van der Waals surface area contributed by atoms with Crippen LogP contribution in [0, 0.1) is 10.1 Å². The average molecular weight is 360 g/mol. The number of hydrogen-bond acceptors (Lipinski definition) is 8. The van der Waals surface area contributed by atoms with Crippen LogP contribution in [0.15, 0.2) is 18.3 Å². The van der Waals surface area contributed by atoms with Crippen molar-refractivity contribution in [1.29, 1.82) is 0 Å². The van der Waals surface area contributed by atoms with Gasteiger partial charge in [-0.2, -0.15) is 0 Å². The maximum absolute atomic E-state index is 12.4. The zero-order valence-corrected chi connectivity index (χ0v) is 14.5. The van der Waals surface area contributed by atoms with Crippen LogP contribution in [0.3, 0.4) is 0 Å². The molecule has 26 heavy (non-hydrogen) atoms. The summed E-state index contributed by atoms with van der Waals surface area (Å²) in [6.07, 6.45) is 1.17. The van der Waals surface area contributed by atoms with Crippen molar-refractivity contribution in [3.63, 3.8) is 0 Å². The highest BCUT2D eigenvalue weighted by atomic mass is 16.6. The van der Waals surface area contributed by atoms with Gasteiger partial charge in [0.05, 0.1) is 5.69 Å². The predicted octanol–water partition coefficient (Wildman–Crippen LogP) is 0.310. The van der Waals surface area contributed by atoms with Gasteiger partial charge in [-0.05, 0) is 29.1 Å². The van der Waals surface area contributed by atoms with Crippen LogP contribution in [0.25, 0.3) is 0 Å². The van der Waals surface area contributed by atoms with Crippen LogP contribution >= 0.6 is 0 Å². The number of aryl methyl sites for hydroxylation is 1. The maximum atomic E-state index is 12.4. The molecule has 1 aliphatic heterocycles. The van der Waals surface area contributed by atoms with Gasteiger partial charge in [0.1, 0.15) is 12.0 Å². The predicted molar refractivity (Wildman–Crippen MR) is 96.2 cm³/mol. The molecule has 1 amide bonds. The fourth-order valence-electron chi connectivity index (χ4n) is 2.68. The Bertz CT molecular complexity index is 841. The summed E-state index contributed by atoms with van der Waals surface area (Å²) in [5.41, 5.74) is 6.22. The molecular formula is C15H20N8O3. The Kier molecular flexibility index (Phi) is 4.71. The van der Waals surface area contributed by atoms with Gasteiger partial charge in [0.2, 0.25) is 0 Å². The lowest BCUT2D eigenvalue weighted by atomic mass is 10.3. The number of nitro groups is 1. The smallest absolute Gasteiger partial charge is 0.382 e. The molecule has 0 atom stereocenters. The van der Waals surface area contributed by atoms with Gasteiger partial charge in [0.25, 0.3) is 0 Å². The van der Waals surface area contributed by atoms with Crippen LogP contribution < -0.4 is 16.0 Å². The summed E-state index contributed by atoms with van der Waals surface area (Å²) < 4.78 is 1.29. The van der Waals surface area contributed by atoms with E-state index in [-0.39, 0.29) is 11.6 Å². The van der Waals surface area contributed by atoms with Crippen LogP contribution in [-0.2, 0) is 7.05 Å². The number of carbonyl (C=O) groups excluding carboxylic acids is 1. The van der Waals surface area contributed by atoms with E-state index in [1.54, 1.807) is 6.07 Å². The number of pyridine rings is 1. The van der Waals surface area contributed by atoms with E-state index in [0.29, 0.717) is 11.5 Å². The number of nitrogens with two attached hydrogens (primary N) is 1. The van der Waals surface area contributed by atoms with Crippen molar-refractivity contribution < 1.29 is 9.72 Å². The molecule has 2 aromatic rings. The average Bonchev–Trinajstić information content (AvgIpc) is 3.00. The van der Waals surface area contributed by atoms with Crippen molar-refractivity contribution >= 4 is 29.0 Å². The van der Waals surface area contributed by atoms with Gasteiger partial charge < -0.3 is 35.5 Å². The van der Waals surface area contributed by atoms with E-state index in [9.17, 15) is 14.9 Å². The lowest BCUT2D eigenvalue weighted by molar-refractivity contribution is -0.389. The highest BCUT2D eigenvalue weighted by Gasteiger charge is 2.24. The number of piperazine rings is 1. The fourth-order valence-corrected chi connectivity index (χ4v) is 2.68. The number of aromatic nitrogens is 3. The van der Waals surface area contributed by atoms with Crippen molar-refractivity contribution in [2.24, 2.45) is 7.05 Å². The standard InChI is InChI=1S/C15H20N8O3/c1-20-5-7-22(8-6-20)11-4-3-10(16)13(17-11)19-15(24)14-18-12(23(25)26)9-21(14)2/h3-4,9H,5-8,16H2,1-2H3,(H,17,19,24). The molecular weight excluding hydrogens is 340 g/mol. The summed E-state index contributed by atoms with van der Waals surface area (Å²) in [5.74, 6) is -0.187. The Morgan fingerprint density at radius 3 is 2.54 bits per heavy atom. The summed E-state index contributed by atoms with van der Waals surface area (Å²) in [7, 11) is 3.57. The molecule has 0 radical (unpaired) electrons. The molecule has 3 heterocycles. The minimum absolute atomic E-state index is 0.0945. The first-order valence-corrected chi connectivity index (χ1v) is 8.04. The SMILES string of the molecule is CN1CCN(c2ccc(N)c(NC(=O)c3nc([N+](=O)[O-])cn3C)n2)CC1. The number of amides is 1. The second-order valence-electron chi connectivity index (χ2n) is 6.14. The molecule has 0 spiro atoms. The molecule has 11 nitrogen and oxygen atoms in total. The van der Waals surface area contributed by atoms with Gasteiger partial charge >= 0.3 is 17.5 Å². The summed E-state index contributed by atoms with van der Waals surface area (Å²) in [4.78, 5) is 35.1. The van der Waals surface area contributed by atoms with Gasteiger partial charge in [-0.3, -0.25) is 4.79 Å². The van der Waals surface area contributed by atoms with Crippen molar-refractivity contribution in [2.45, 2.75) is 0 Å². The van der Waals surface area contributed by atoms with Crippen LogP contribution in [0.2, 0.25) is 0 Å². The van der Waals surface area contributed by atoms with E-state index in [1.165, 1.54) is 17.8 Å². The molecule has 0 aliphatic carbocycles. The quantitative estimate of drug-likeness (QED) is 0.587. The highest BCUT2D eigenvalue weighted by molar-refractivity contribution is 6.03. The number of imidazole rings is 1. The summed E-state index contributed by atoms with van der Waals surface area (Å²) in [5, 5.41) is 13.4. The van der Waals surface area contributed by atoms with Gasteiger partial charge in [0, 0.05) is 33.2 Å². The molecule has 11 heteroatoms. The Hall–Kier alpha value is -3.21. The second kappa shape index (κ2) is 6.96. The second-order valence-corrected chi connectivity index (χ2v) is 6.14. The fraction of sp³-hybridized carbons (Fsp3) is 0.400. The largest absolute Gasteiger partial charge is 0.396 e. The molecule has 0 bridgehead atoms. The Morgan fingerprint density at radius 1 is 1.23 bits per heavy atom. The molecule has 1 aliphatic rings. The monoisotopic (exact) mass is 360 g/mol. The normalized spacial score (nSPS) is 15.1. The summed E-state index contributed by atoms with van der Waals surface area (Å²) in [6, 6.07) is 3.49. The Morgan fingerprint density at radius 2 is 1.92 bits per heavy atom. The third kappa shape index (κ3) is 3.57. The first kappa shape index (κ1) is 17.6. The number of carbonyl (C=O) groups is 1. The molecule has 3 rings (SSSR count). The minimum atomic E-state index is -0.655. The maximum Gasteiger partial charge on any atom is 0.382 e. The van der Waals surface area contributed by atoms with Crippen LogP contribution in [0.4, 0.5) is 23.1 Å². The number of rotatable bonds is 4. The molecule has 0 saturated carbocycles. The lowest BCUT2D eigenvalue weighted by Gasteiger charge is -2.33. The van der Waals surface area contributed by atoms with Crippen molar-refractivity contribution in [3.05, 3.63) is 34.3 Å². The van der Waals surface area contributed by atoms with Gasteiger partial charge in [0.15, 0.2) is 5.82 Å². The van der Waals surface area contributed by atoms with Gasteiger partial charge in [-0.15, -0.1) is 0 Å². The first-order chi connectivity index (χ1) is 12.3. The van der Waals surface area contributed by atoms with Gasteiger partial charge in [-0.1, -0.05) is 0 Å². The molecule has 0 unspecified atom stereocenters. The Labute approximate surface area is 149 Å². The van der Waals surface area contributed by atoms with E-state index in [2.05, 4.69) is 32.1 Å². The lowest BCUT2D eigenvalue weighted by Crippen LogP contribution is -2.44. The van der Waals surface area contributed by atoms with E-state index < -0.39 is 16.6 Å². The number of nitrogen functional groups attached to an aromatic ring is 1. The molecule has 1 fully saturated rings. The van der Waals surface area contributed by atoms with Crippen LogP contribution in [-0.4, -0.2) is 63.5 Å². The molecule has 2 aromatic heterocycles. The number of hydrogen-bond donors (Lipinski definition) is 2. The highest BCUT2D eigenvalue weighted by Crippen LogP contribution is 2.22. The van der Waals surface area contributed by atoms with Crippen molar-refractivity contribution in [1.82, 2.24) is 19.4 Å². The third-order valence-electron chi connectivity index (χ3n) is 4.22. The summed E-state index contributed by atoms with van der Waals surface area (Å²) >= 11 is 0. The van der Waals surface area contributed by atoms with Crippen LogP contribution in [0.1, 0.15) is 10.6 Å². The van der Waals surface area contributed by atoms with Crippen molar-refractivity contribution in [2.75, 3.05) is 49.2 Å². The van der Waals surface area contributed by atoms with E-state index >= 15 is 0 Å². The zero-order chi connectivity index (χ0) is 18.8. The van der Waals surface area contributed by atoms with E-state index in [1.807, 2.05) is 6.07 Å². The van der Waals surface area contributed by atoms with Gasteiger partial charge in [-0.25, -0.2) is 4.98 Å². The van der Waals surface area contributed by atoms with E-state index in [0.717, 1.165) is 26.2 Å². The Balaban J connectivity index is 1.80. The molecule has 0 aromatic carbocycles.